The van der Waals surface area contributed by atoms with E-state index in [0.717, 1.165) is 47.1 Å². The van der Waals surface area contributed by atoms with E-state index in [9.17, 15) is 9.50 Å². The number of fused-ring (bicyclic) bond motifs is 5. The van der Waals surface area contributed by atoms with Gasteiger partial charge in [-0.1, -0.05) is 12.1 Å². The highest BCUT2D eigenvalue weighted by Gasteiger charge is 2.34. The molecule has 3 aliphatic heterocycles. The number of aromatic nitrogens is 2. The fraction of sp³-hybridized carbons (Fsp3) is 0.346. The van der Waals surface area contributed by atoms with Gasteiger partial charge in [0.1, 0.15) is 17.8 Å². The maximum absolute atomic E-state index is 13.4. The average molecular weight is 461 g/mol. The number of aliphatic hydroxyl groups excluding tert-OH is 1. The molecule has 2 aromatic heterocycles. The molecule has 7 nitrogen and oxygen atoms in total. The number of hydrogen-bond acceptors (Lipinski definition) is 6. The van der Waals surface area contributed by atoms with Crippen LogP contribution < -0.4 is 15.1 Å². The zero-order chi connectivity index (χ0) is 23.4. The number of rotatable bonds is 4. The summed E-state index contributed by atoms with van der Waals surface area (Å²) in [5, 5.41) is 14.0. The molecule has 8 heteroatoms. The van der Waals surface area contributed by atoms with E-state index in [-0.39, 0.29) is 24.0 Å². The average Bonchev–Trinajstić information content (AvgIpc) is 3.52. The van der Waals surface area contributed by atoms with Gasteiger partial charge in [-0.2, -0.15) is 0 Å². The first-order chi connectivity index (χ1) is 16.5. The number of halogens is 1. The summed E-state index contributed by atoms with van der Waals surface area (Å²) < 4.78 is 15.7. The normalized spacial score (nSPS) is 23.0. The van der Waals surface area contributed by atoms with E-state index < -0.39 is 0 Å². The largest absolute Gasteiger partial charge is 0.391 e. The summed E-state index contributed by atoms with van der Waals surface area (Å²) in [6, 6.07) is 13.0. The Balaban J connectivity index is 1.34. The molecule has 3 atom stereocenters. The zero-order valence-corrected chi connectivity index (χ0v) is 19.4. The monoisotopic (exact) mass is 460 g/mol. The minimum Gasteiger partial charge on any atom is -0.391 e. The second kappa shape index (κ2) is 8.14. The SMILES string of the molecule is CN(C)C[C@H]1CN(c2ccc3c(n2)Cn2cc(-c4ccc(F)cc4)cc2C2NC=CN32)C[C@@H]1O. The maximum Gasteiger partial charge on any atom is 0.144 e. The van der Waals surface area contributed by atoms with Gasteiger partial charge in [0.05, 0.1) is 29.7 Å². The number of hydrogen-bond donors (Lipinski definition) is 2. The van der Waals surface area contributed by atoms with Gasteiger partial charge < -0.3 is 29.7 Å². The van der Waals surface area contributed by atoms with E-state index in [1.165, 1.54) is 12.1 Å². The summed E-state index contributed by atoms with van der Waals surface area (Å²) >= 11 is 0. The molecule has 6 rings (SSSR count). The van der Waals surface area contributed by atoms with Crippen LogP contribution in [0.3, 0.4) is 0 Å². The molecule has 0 bridgehead atoms. The van der Waals surface area contributed by atoms with Crippen LogP contribution in [-0.4, -0.2) is 59.4 Å². The molecule has 0 radical (unpaired) electrons. The lowest BCUT2D eigenvalue weighted by atomic mass is 10.1. The number of benzene rings is 1. The molecule has 3 aromatic rings. The molecule has 1 unspecified atom stereocenters. The molecule has 0 aliphatic carbocycles. The molecular weight excluding hydrogens is 431 g/mol. The quantitative estimate of drug-likeness (QED) is 0.624. The van der Waals surface area contributed by atoms with E-state index in [2.05, 4.69) is 55.2 Å². The molecule has 176 valence electrons. The van der Waals surface area contributed by atoms with Gasteiger partial charge in [0.25, 0.3) is 0 Å². The van der Waals surface area contributed by atoms with Gasteiger partial charge in [-0.15, -0.1) is 0 Å². The van der Waals surface area contributed by atoms with Crippen LogP contribution in [0.25, 0.3) is 11.1 Å². The topological polar surface area (TPSA) is 59.8 Å². The Morgan fingerprint density at radius 3 is 2.74 bits per heavy atom. The molecule has 1 saturated heterocycles. The van der Waals surface area contributed by atoms with Gasteiger partial charge in [0, 0.05) is 44.1 Å². The van der Waals surface area contributed by atoms with Gasteiger partial charge >= 0.3 is 0 Å². The van der Waals surface area contributed by atoms with Crippen LogP contribution in [0.5, 0.6) is 0 Å². The molecule has 1 fully saturated rings. The Hall–Kier alpha value is -3.36. The van der Waals surface area contributed by atoms with Gasteiger partial charge in [-0.05, 0) is 55.6 Å². The first-order valence-electron chi connectivity index (χ1n) is 11.7. The van der Waals surface area contributed by atoms with Crippen molar-refractivity contribution in [3.63, 3.8) is 0 Å². The van der Waals surface area contributed by atoms with Gasteiger partial charge in [0.2, 0.25) is 0 Å². The summed E-state index contributed by atoms with van der Waals surface area (Å²) in [6.07, 6.45) is 5.76. The molecule has 2 N–H and O–H groups in total. The van der Waals surface area contributed by atoms with Crippen molar-refractivity contribution in [3.8, 4) is 11.1 Å². The lowest BCUT2D eigenvalue weighted by Gasteiger charge is -2.25. The number of pyridine rings is 1. The number of β-amino-alcohol motifs (C(OH)–C–C–N with tert-alkyl or cyclic N) is 1. The highest BCUT2D eigenvalue weighted by molar-refractivity contribution is 5.67. The van der Waals surface area contributed by atoms with Crippen molar-refractivity contribution < 1.29 is 9.50 Å². The van der Waals surface area contributed by atoms with Crippen LogP contribution in [0, 0.1) is 11.7 Å². The predicted octanol–water partition coefficient (Wildman–Crippen LogP) is 2.99. The van der Waals surface area contributed by atoms with Crippen LogP contribution in [0.1, 0.15) is 17.6 Å². The third kappa shape index (κ3) is 3.63. The van der Waals surface area contributed by atoms with Crippen molar-refractivity contribution in [3.05, 3.63) is 78.3 Å². The third-order valence-electron chi connectivity index (χ3n) is 7.02. The number of nitrogens with zero attached hydrogens (tertiary/aromatic N) is 5. The van der Waals surface area contributed by atoms with Crippen molar-refractivity contribution in [1.82, 2.24) is 19.8 Å². The lowest BCUT2D eigenvalue weighted by Crippen LogP contribution is -2.29. The van der Waals surface area contributed by atoms with Crippen molar-refractivity contribution in [2.24, 2.45) is 5.92 Å². The van der Waals surface area contributed by atoms with Crippen LogP contribution in [0.15, 0.2) is 61.1 Å². The Labute approximate surface area is 198 Å². The number of aliphatic hydroxyl groups is 1. The standard InChI is InChI=1S/C26H29FN6O/c1-30(2)12-19-14-32(16-24(19)34)25-8-7-22-21(29-25)15-31-13-18(17-3-5-20(27)6-4-17)11-23(31)26-28-9-10-33(22)26/h3-11,13,19,24,26,28,34H,12,14-16H2,1-2H3/t19-,24-,26?/m0/s1. The number of anilines is 2. The van der Waals surface area contributed by atoms with Gasteiger partial charge in [0.15, 0.2) is 0 Å². The van der Waals surface area contributed by atoms with Crippen LogP contribution >= 0.6 is 0 Å². The summed E-state index contributed by atoms with van der Waals surface area (Å²) in [5.74, 6) is 0.879. The molecule has 34 heavy (non-hydrogen) atoms. The summed E-state index contributed by atoms with van der Waals surface area (Å²) in [4.78, 5) is 11.6. The molecule has 0 saturated carbocycles. The molecular formula is C26H29FN6O. The van der Waals surface area contributed by atoms with Crippen molar-refractivity contribution in [2.75, 3.05) is 43.5 Å². The fourth-order valence-corrected chi connectivity index (χ4v) is 5.38. The Bertz CT molecular complexity index is 1240. The molecule has 0 amide bonds. The lowest BCUT2D eigenvalue weighted by molar-refractivity contribution is 0.130. The van der Waals surface area contributed by atoms with Crippen LogP contribution in [0.4, 0.5) is 15.9 Å². The molecule has 1 aromatic carbocycles. The van der Waals surface area contributed by atoms with Crippen LogP contribution in [-0.2, 0) is 6.54 Å². The van der Waals surface area contributed by atoms with Gasteiger partial charge in [-0.25, -0.2) is 9.37 Å². The smallest absolute Gasteiger partial charge is 0.144 e. The second-order valence-electron chi connectivity index (χ2n) is 9.71. The summed E-state index contributed by atoms with van der Waals surface area (Å²) in [7, 11) is 4.08. The minimum absolute atomic E-state index is 0.0267. The summed E-state index contributed by atoms with van der Waals surface area (Å²) in [6.45, 7) is 2.89. The highest BCUT2D eigenvalue weighted by Crippen LogP contribution is 2.38. The third-order valence-corrected chi connectivity index (χ3v) is 7.02. The van der Waals surface area contributed by atoms with E-state index >= 15 is 0 Å². The van der Waals surface area contributed by atoms with E-state index in [1.54, 1.807) is 0 Å². The molecule has 0 spiro atoms. The number of nitrogens with one attached hydrogen (secondary N) is 1. The molecule has 5 heterocycles. The van der Waals surface area contributed by atoms with E-state index in [4.69, 9.17) is 4.98 Å². The van der Waals surface area contributed by atoms with E-state index in [1.807, 2.05) is 32.4 Å². The van der Waals surface area contributed by atoms with Crippen molar-refractivity contribution in [2.45, 2.75) is 18.8 Å². The predicted molar refractivity (Wildman–Crippen MR) is 131 cm³/mol. The van der Waals surface area contributed by atoms with Crippen molar-refractivity contribution in [1.29, 1.82) is 0 Å². The first-order valence-corrected chi connectivity index (χ1v) is 11.7. The first kappa shape index (κ1) is 21.2. The minimum atomic E-state index is -0.354. The summed E-state index contributed by atoms with van der Waals surface area (Å²) in [5.41, 5.74) is 5.23. The second-order valence-corrected chi connectivity index (χ2v) is 9.71. The zero-order valence-electron chi connectivity index (χ0n) is 19.4. The Morgan fingerprint density at radius 1 is 1.12 bits per heavy atom. The van der Waals surface area contributed by atoms with E-state index in [0.29, 0.717) is 13.1 Å². The van der Waals surface area contributed by atoms with Gasteiger partial charge in [-0.3, -0.25) is 0 Å². The molecule has 3 aliphatic rings. The Morgan fingerprint density at radius 2 is 1.94 bits per heavy atom. The fourth-order valence-electron chi connectivity index (χ4n) is 5.38. The Kier molecular flexibility index (Phi) is 5.08. The maximum atomic E-state index is 13.4. The highest BCUT2D eigenvalue weighted by atomic mass is 19.1. The van der Waals surface area contributed by atoms with Crippen LogP contribution in [0.2, 0.25) is 0 Å². The van der Waals surface area contributed by atoms with Crippen molar-refractivity contribution >= 4 is 11.5 Å².